The predicted molar refractivity (Wildman–Crippen MR) is 128 cm³/mol. The summed E-state index contributed by atoms with van der Waals surface area (Å²) in [5, 5.41) is 3.64. The number of rotatable bonds is 9. The summed E-state index contributed by atoms with van der Waals surface area (Å²) in [7, 11) is 0. The summed E-state index contributed by atoms with van der Waals surface area (Å²) in [5.41, 5.74) is 2.10. The molecule has 1 saturated carbocycles. The molecule has 0 bridgehead atoms. The van der Waals surface area contributed by atoms with Crippen molar-refractivity contribution in [2.45, 2.75) is 71.0 Å². The lowest BCUT2D eigenvalue weighted by atomic mass is 9.95. The van der Waals surface area contributed by atoms with Gasteiger partial charge in [0, 0.05) is 12.6 Å². The van der Waals surface area contributed by atoms with Crippen LogP contribution >= 0.6 is 11.6 Å². The van der Waals surface area contributed by atoms with Crippen molar-refractivity contribution in [2.75, 3.05) is 6.61 Å². The van der Waals surface area contributed by atoms with Crippen LogP contribution in [0.1, 0.15) is 56.6 Å². The second-order valence-electron chi connectivity index (χ2n) is 8.50. The molecule has 0 heterocycles. The quantitative estimate of drug-likeness (QED) is 0.558. The molecule has 0 radical (unpaired) electrons. The van der Waals surface area contributed by atoms with E-state index in [-0.39, 0.29) is 24.5 Å². The van der Waals surface area contributed by atoms with Crippen molar-refractivity contribution in [2.24, 2.45) is 0 Å². The van der Waals surface area contributed by atoms with Gasteiger partial charge in [0.05, 0.1) is 5.02 Å². The fourth-order valence-corrected chi connectivity index (χ4v) is 4.45. The van der Waals surface area contributed by atoms with Gasteiger partial charge >= 0.3 is 0 Å². The number of hydrogen-bond donors (Lipinski definition) is 1. The van der Waals surface area contributed by atoms with Crippen molar-refractivity contribution in [3.8, 4) is 5.75 Å². The van der Waals surface area contributed by atoms with Gasteiger partial charge in [-0.05, 0) is 43.9 Å². The van der Waals surface area contributed by atoms with Gasteiger partial charge < -0.3 is 15.0 Å². The number of amides is 2. The van der Waals surface area contributed by atoms with Crippen LogP contribution < -0.4 is 10.1 Å². The third kappa shape index (κ3) is 6.73. The standard InChI is InChI=1S/C26H33ClN2O3/c1-3-23(26(31)28-21-12-5-4-6-13-21)29(17-20-11-9-10-19(2)16-20)25(30)18-32-24-15-8-7-14-22(24)27/h7-11,14-16,21,23H,3-6,12-13,17-18H2,1-2H3,(H,28,31)/t23-/m0/s1. The molecular weight excluding hydrogens is 424 g/mol. The Labute approximate surface area is 196 Å². The van der Waals surface area contributed by atoms with Gasteiger partial charge in [0.2, 0.25) is 5.91 Å². The summed E-state index contributed by atoms with van der Waals surface area (Å²) in [6.45, 7) is 4.13. The number of halogens is 1. The van der Waals surface area contributed by atoms with Crippen LogP contribution in [0.2, 0.25) is 5.02 Å². The van der Waals surface area contributed by atoms with E-state index in [1.165, 1.54) is 6.42 Å². The molecule has 1 aliphatic carbocycles. The molecule has 0 saturated heterocycles. The highest BCUT2D eigenvalue weighted by Crippen LogP contribution is 2.24. The van der Waals surface area contributed by atoms with E-state index in [0.717, 1.165) is 36.8 Å². The number of aryl methyl sites for hydroxylation is 1. The Morgan fingerprint density at radius 2 is 1.88 bits per heavy atom. The van der Waals surface area contributed by atoms with Crippen molar-refractivity contribution in [1.82, 2.24) is 10.2 Å². The number of carbonyl (C=O) groups excluding carboxylic acids is 2. The summed E-state index contributed by atoms with van der Waals surface area (Å²) in [6, 6.07) is 14.7. The van der Waals surface area contributed by atoms with Crippen LogP contribution in [0, 0.1) is 6.92 Å². The lowest BCUT2D eigenvalue weighted by Gasteiger charge is -2.32. The number of ether oxygens (including phenoxy) is 1. The minimum atomic E-state index is -0.556. The first-order valence-electron chi connectivity index (χ1n) is 11.5. The summed E-state index contributed by atoms with van der Waals surface area (Å²) in [5.74, 6) is 0.132. The largest absolute Gasteiger partial charge is 0.482 e. The molecule has 6 heteroatoms. The normalized spacial score (nSPS) is 15.1. The Balaban J connectivity index is 1.76. The van der Waals surface area contributed by atoms with Gasteiger partial charge in [-0.3, -0.25) is 9.59 Å². The molecule has 2 amide bonds. The maximum atomic E-state index is 13.3. The highest BCUT2D eigenvalue weighted by atomic mass is 35.5. The SMILES string of the molecule is CC[C@@H](C(=O)NC1CCCCC1)N(Cc1cccc(C)c1)C(=O)COc1ccccc1Cl. The van der Waals surface area contributed by atoms with E-state index in [1.54, 1.807) is 17.0 Å². The fraction of sp³-hybridized carbons (Fsp3) is 0.462. The Bertz CT molecular complexity index is 911. The molecule has 1 aliphatic rings. The van der Waals surface area contributed by atoms with Crippen LogP contribution in [0.4, 0.5) is 0 Å². The Morgan fingerprint density at radius 1 is 1.12 bits per heavy atom. The van der Waals surface area contributed by atoms with Gasteiger partial charge in [-0.15, -0.1) is 0 Å². The van der Waals surface area contributed by atoms with Gasteiger partial charge in [-0.2, -0.15) is 0 Å². The maximum absolute atomic E-state index is 13.3. The van der Waals surface area contributed by atoms with E-state index in [0.29, 0.717) is 23.7 Å². The Hall–Kier alpha value is -2.53. The summed E-state index contributed by atoms with van der Waals surface area (Å²) < 4.78 is 5.71. The summed E-state index contributed by atoms with van der Waals surface area (Å²) in [6.07, 6.45) is 6.04. The lowest BCUT2D eigenvalue weighted by Crippen LogP contribution is -2.52. The van der Waals surface area contributed by atoms with Gasteiger partial charge in [0.15, 0.2) is 6.61 Å². The van der Waals surface area contributed by atoms with Crippen LogP contribution in [-0.2, 0) is 16.1 Å². The van der Waals surface area contributed by atoms with E-state index >= 15 is 0 Å². The number of benzene rings is 2. The molecule has 1 atom stereocenters. The molecule has 0 spiro atoms. The number of para-hydroxylation sites is 1. The van der Waals surface area contributed by atoms with Gasteiger partial charge in [-0.25, -0.2) is 0 Å². The highest BCUT2D eigenvalue weighted by Gasteiger charge is 2.30. The third-order valence-corrected chi connectivity index (χ3v) is 6.27. The number of nitrogens with zero attached hydrogens (tertiary/aromatic N) is 1. The molecule has 1 N–H and O–H groups in total. The van der Waals surface area contributed by atoms with Gasteiger partial charge in [-0.1, -0.05) is 79.7 Å². The van der Waals surface area contributed by atoms with Crippen LogP contribution in [-0.4, -0.2) is 35.4 Å². The van der Waals surface area contributed by atoms with Crippen molar-refractivity contribution in [1.29, 1.82) is 0 Å². The van der Waals surface area contributed by atoms with E-state index < -0.39 is 6.04 Å². The van der Waals surface area contributed by atoms with Crippen molar-refractivity contribution in [3.63, 3.8) is 0 Å². The lowest BCUT2D eigenvalue weighted by molar-refractivity contribution is -0.143. The molecule has 0 aromatic heterocycles. The minimum Gasteiger partial charge on any atom is -0.482 e. The molecule has 0 aliphatic heterocycles. The predicted octanol–water partition coefficient (Wildman–Crippen LogP) is 5.28. The summed E-state index contributed by atoms with van der Waals surface area (Å²) >= 11 is 6.17. The van der Waals surface area contributed by atoms with E-state index in [9.17, 15) is 9.59 Å². The molecule has 1 fully saturated rings. The fourth-order valence-electron chi connectivity index (χ4n) is 4.26. The van der Waals surface area contributed by atoms with Crippen molar-refractivity contribution < 1.29 is 14.3 Å². The second kappa shape index (κ2) is 11.9. The monoisotopic (exact) mass is 456 g/mol. The average molecular weight is 457 g/mol. The van der Waals surface area contributed by atoms with E-state index in [1.807, 2.05) is 50.2 Å². The molecule has 2 aromatic rings. The highest BCUT2D eigenvalue weighted by molar-refractivity contribution is 6.32. The molecule has 2 aromatic carbocycles. The number of carbonyl (C=O) groups is 2. The number of hydrogen-bond acceptors (Lipinski definition) is 3. The van der Waals surface area contributed by atoms with Crippen molar-refractivity contribution in [3.05, 3.63) is 64.7 Å². The van der Waals surface area contributed by atoms with E-state index in [2.05, 4.69) is 5.32 Å². The van der Waals surface area contributed by atoms with E-state index in [4.69, 9.17) is 16.3 Å². The van der Waals surface area contributed by atoms with Crippen molar-refractivity contribution >= 4 is 23.4 Å². The van der Waals surface area contributed by atoms with Crippen LogP contribution in [0.3, 0.4) is 0 Å². The van der Waals surface area contributed by atoms with Gasteiger partial charge in [0.1, 0.15) is 11.8 Å². The average Bonchev–Trinajstić information content (AvgIpc) is 2.79. The number of nitrogens with one attached hydrogen (secondary N) is 1. The molecule has 32 heavy (non-hydrogen) atoms. The summed E-state index contributed by atoms with van der Waals surface area (Å²) in [4.78, 5) is 28.1. The zero-order chi connectivity index (χ0) is 22.9. The minimum absolute atomic E-state index is 0.0850. The first-order chi connectivity index (χ1) is 15.5. The van der Waals surface area contributed by atoms with Crippen LogP contribution in [0.5, 0.6) is 5.75 Å². The Morgan fingerprint density at radius 3 is 2.56 bits per heavy atom. The smallest absolute Gasteiger partial charge is 0.261 e. The molecular formula is C26H33ClN2O3. The third-order valence-electron chi connectivity index (χ3n) is 5.96. The topological polar surface area (TPSA) is 58.6 Å². The second-order valence-corrected chi connectivity index (χ2v) is 8.90. The Kier molecular flexibility index (Phi) is 8.98. The molecule has 3 rings (SSSR count). The zero-order valence-electron chi connectivity index (χ0n) is 19.0. The van der Waals surface area contributed by atoms with Crippen LogP contribution in [0.15, 0.2) is 48.5 Å². The van der Waals surface area contributed by atoms with Gasteiger partial charge in [0.25, 0.3) is 5.91 Å². The first kappa shape index (κ1) is 24.1. The first-order valence-corrected chi connectivity index (χ1v) is 11.9. The molecule has 0 unspecified atom stereocenters. The molecule has 5 nitrogen and oxygen atoms in total. The van der Waals surface area contributed by atoms with Crippen LogP contribution in [0.25, 0.3) is 0 Å². The molecule has 172 valence electrons. The maximum Gasteiger partial charge on any atom is 0.261 e. The zero-order valence-corrected chi connectivity index (χ0v) is 19.7.